The molecule has 33 heavy (non-hydrogen) atoms. The lowest BCUT2D eigenvalue weighted by atomic mass is 9.92. The highest BCUT2D eigenvalue weighted by molar-refractivity contribution is 7.10. The Bertz CT molecular complexity index is 1150. The van der Waals surface area contributed by atoms with Crippen LogP contribution in [0.3, 0.4) is 0 Å². The maximum atomic E-state index is 5.11. The van der Waals surface area contributed by atoms with E-state index < -0.39 is 0 Å². The minimum absolute atomic E-state index is 0.00253. The number of para-hydroxylation sites is 1. The van der Waals surface area contributed by atoms with E-state index in [0.29, 0.717) is 11.8 Å². The summed E-state index contributed by atoms with van der Waals surface area (Å²) in [7, 11) is 0. The summed E-state index contributed by atoms with van der Waals surface area (Å²) in [6.07, 6.45) is 1.05. The van der Waals surface area contributed by atoms with Crippen LogP contribution in [0.2, 0.25) is 0 Å². The summed E-state index contributed by atoms with van der Waals surface area (Å²) in [6.45, 7) is 11.3. The summed E-state index contributed by atoms with van der Waals surface area (Å²) in [5.74, 6) is 0.873. The topological polar surface area (TPSA) is 24.9 Å². The van der Waals surface area contributed by atoms with Gasteiger partial charge in [0.2, 0.25) is 0 Å². The van der Waals surface area contributed by atoms with E-state index in [1.807, 2.05) is 0 Å². The van der Waals surface area contributed by atoms with Gasteiger partial charge in [-0.25, -0.2) is 4.98 Å². The summed E-state index contributed by atoms with van der Waals surface area (Å²) in [4.78, 5) is 5.11. The Balaban J connectivity index is 1.77. The lowest BCUT2D eigenvalue weighted by molar-refractivity contribution is 0.820. The second-order valence-electron chi connectivity index (χ2n) is 9.23. The summed E-state index contributed by atoms with van der Waals surface area (Å²) >= 11 is 1.73. The van der Waals surface area contributed by atoms with Gasteiger partial charge >= 0.3 is 0 Å². The highest BCUT2D eigenvalue weighted by atomic mass is 32.1. The van der Waals surface area contributed by atoms with Crippen molar-refractivity contribution >= 4 is 17.0 Å². The first-order valence-corrected chi connectivity index (χ1v) is 12.8. The minimum atomic E-state index is -0.00253. The number of thiazole rings is 1. The van der Waals surface area contributed by atoms with Gasteiger partial charge in [-0.2, -0.15) is 0 Å². The fraction of sp³-hybridized carbons (Fsp3) is 0.300. The Labute approximate surface area is 202 Å². The number of benzene rings is 3. The first kappa shape index (κ1) is 23.3. The maximum Gasteiger partial charge on any atom is 0.120 e. The van der Waals surface area contributed by atoms with E-state index >= 15 is 0 Å². The van der Waals surface area contributed by atoms with Crippen LogP contribution in [0.25, 0.3) is 11.3 Å². The molecule has 4 aromatic rings. The number of hydrogen-bond donors (Lipinski definition) is 1. The Hall–Kier alpha value is -2.91. The zero-order valence-corrected chi connectivity index (χ0v) is 21.1. The van der Waals surface area contributed by atoms with E-state index in [1.54, 1.807) is 11.3 Å². The third-order valence-corrected chi connectivity index (χ3v) is 7.13. The molecule has 1 aromatic heterocycles. The fourth-order valence-corrected chi connectivity index (χ4v) is 5.16. The molecule has 1 atom stereocenters. The maximum absolute atomic E-state index is 5.11. The van der Waals surface area contributed by atoms with Gasteiger partial charge < -0.3 is 5.32 Å². The van der Waals surface area contributed by atoms with Crippen LogP contribution in [0, 0.1) is 0 Å². The van der Waals surface area contributed by atoms with Crippen molar-refractivity contribution in [2.75, 3.05) is 5.32 Å². The molecule has 0 saturated carbocycles. The van der Waals surface area contributed by atoms with E-state index in [0.717, 1.165) is 17.1 Å². The molecule has 1 heterocycles. The second-order valence-corrected chi connectivity index (χ2v) is 10.1. The summed E-state index contributed by atoms with van der Waals surface area (Å²) in [6, 6.07) is 26.2. The van der Waals surface area contributed by atoms with Crippen molar-refractivity contribution < 1.29 is 0 Å². The summed E-state index contributed by atoms with van der Waals surface area (Å²) in [5.41, 5.74) is 8.76. The number of anilines is 1. The molecule has 0 spiro atoms. The molecule has 1 unspecified atom stereocenters. The number of hydrogen-bond acceptors (Lipinski definition) is 3. The van der Waals surface area contributed by atoms with Crippen molar-refractivity contribution in [2.45, 2.75) is 58.9 Å². The van der Waals surface area contributed by atoms with E-state index in [2.05, 4.69) is 118 Å². The molecule has 2 nitrogen and oxygen atoms in total. The molecule has 170 valence electrons. The average Bonchev–Trinajstić information content (AvgIpc) is 3.32. The third-order valence-electron chi connectivity index (χ3n) is 6.22. The number of aromatic nitrogens is 1. The molecule has 1 N–H and O–H groups in total. The first-order chi connectivity index (χ1) is 16.0. The monoisotopic (exact) mass is 454 g/mol. The fourth-order valence-electron chi connectivity index (χ4n) is 4.26. The quantitative estimate of drug-likeness (QED) is 0.288. The molecule has 3 heteroatoms. The Morgan fingerprint density at radius 2 is 1.42 bits per heavy atom. The van der Waals surface area contributed by atoms with Gasteiger partial charge in [0.15, 0.2) is 0 Å². The van der Waals surface area contributed by atoms with Crippen molar-refractivity contribution in [3.8, 4) is 11.3 Å². The molecule has 0 amide bonds. The summed E-state index contributed by atoms with van der Waals surface area (Å²) < 4.78 is 0. The molecule has 0 fully saturated rings. The SMILES string of the molecule is CCc1ccc(-c2csc(C(Nc3c(C(C)C)cccc3C(C)C)c3ccccc3)n2)cc1. The summed E-state index contributed by atoms with van der Waals surface area (Å²) in [5, 5.41) is 7.22. The number of rotatable bonds is 8. The van der Waals surface area contributed by atoms with Crippen molar-refractivity contribution in [2.24, 2.45) is 0 Å². The molecule has 0 saturated heterocycles. The zero-order chi connectivity index (χ0) is 23.4. The molecule has 0 bridgehead atoms. The number of nitrogens with one attached hydrogen (secondary N) is 1. The molecule has 0 radical (unpaired) electrons. The van der Waals surface area contributed by atoms with Crippen molar-refractivity contribution in [3.63, 3.8) is 0 Å². The van der Waals surface area contributed by atoms with Gasteiger partial charge in [0.05, 0.1) is 5.69 Å². The van der Waals surface area contributed by atoms with Gasteiger partial charge in [0.25, 0.3) is 0 Å². The van der Waals surface area contributed by atoms with Crippen LogP contribution in [-0.2, 0) is 6.42 Å². The van der Waals surface area contributed by atoms with E-state index in [4.69, 9.17) is 4.98 Å². The predicted octanol–water partition coefficient (Wildman–Crippen LogP) is 8.82. The predicted molar refractivity (Wildman–Crippen MR) is 143 cm³/mol. The van der Waals surface area contributed by atoms with Gasteiger partial charge in [-0.1, -0.05) is 107 Å². The minimum Gasteiger partial charge on any atom is -0.372 e. The van der Waals surface area contributed by atoms with Crippen LogP contribution >= 0.6 is 11.3 Å². The Morgan fingerprint density at radius 1 is 0.788 bits per heavy atom. The van der Waals surface area contributed by atoms with E-state index in [9.17, 15) is 0 Å². The normalized spacial score (nSPS) is 12.3. The van der Waals surface area contributed by atoms with Crippen molar-refractivity contribution in [1.82, 2.24) is 4.98 Å². The van der Waals surface area contributed by atoms with Gasteiger partial charge in [0.1, 0.15) is 11.0 Å². The Morgan fingerprint density at radius 3 is 2.00 bits per heavy atom. The van der Waals surface area contributed by atoms with Crippen molar-refractivity contribution in [1.29, 1.82) is 0 Å². The van der Waals surface area contributed by atoms with Gasteiger partial charge in [-0.3, -0.25) is 0 Å². The highest BCUT2D eigenvalue weighted by Gasteiger charge is 2.22. The smallest absolute Gasteiger partial charge is 0.120 e. The van der Waals surface area contributed by atoms with Gasteiger partial charge in [-0.15, -0.1) is 11.3 Å². The standard InChI is InChI=1S/C30H34N2S/c1-6-22-15-17-23(18-16-22)27-19-33-30(31-27)28(24-11-8-7-9-12-24)32-29-25(20(2)3)13-10-14-26(29)21(4)5/h7-21,28,32H,6H2,1-5H3. The molecule has 0 aliphatic heterocycles. The second kappa shape index (κ2) is 10.4. The van der Waals surface area contributed by atoms with Crippen LogP contribution in [0.1, 0.15) is 79.8 Å². The lowest BCUT2D eigenvalue weighted by Crippen LogP contribution is -2.16. The van der Waals surface area contributed by atoms with Gasteiger partial charge in [0, 0.05) is 16.6 Å². The molecular formula is C30H34N2S. The molecular weight excluding hydrogens is 420 g/mol. The van der Waals surface area contributed by atoms with Crippen molar-refractivity contribution in [3.05, 3.63) is 105 Å². The van der Waals surface area contributed by atoms with E-state index in [1.165, 1.54) is 33.5 Å². The van der Waals surface area contributed by atoms with Crippen LogP contribution in [-0.4, -0.2) is 4.98 Å². The van der Waals surface area contributed by atoms with Crippen LogP contribution in [0.4, 0.5) is 5.69 Å². The molecule has 3 aromatic carbocycles. The molecule has 4 rings (SSSR count). The largest absolute Gasteiger partial charge is 0.372 e. The molecule has 0 aliphatic rings. The lowest BCUT2D eigenvalue weighted by Gasteiger charge is -2.26. The van der Waals surface area contributed by atoms with Crippen LogP contribution < -0.4 is 5.32 Å². The van der Waals surface area contributed by atoms with Crippen LogP contribution in [0.15, 0.2) is 78.2 Å². The zero-order valence-electron chi connectivity index (χ0n) is 20.3. The third kappa shape index (κ3) is 5.20. The Kier molecular flexibility index (Phi) is 7.29. The van der Waals surface area contributed by atoms with E-state index in [-0.39, 0.29) is 6.04 Å². The van der Waals surface area contributed by atoms with Gasteiger partial charge in [-0.05, 0) is 40.5 Å². The molecule has 0 aliphatic carbocycles. The van der Waals surface area contributed by atoms with Crippen LogP contribution in [0.5, 0.6) is 0 Å². The first-order valence-electron chi connectivity index (χ1n) is 12.0. The number of aryl methyl sites for hydroxylation is 1. The highest BCUT2D eigenvalue weighted by Crippen LogP contribution is 2.38. The average molecular weight is 455 g/mol. The number of nitrogens with zero attached hydrogens (tertiary/aromatic N) is 1.